The number of nitrogens with one attached hydrogen (secondary N) is 3. The summed E-state index contributed by atoms with van der Waals surface area (Å²) in [5.74, 6) is 0.294. The lowest BCUT2D eigenvalue weighted by molar-refractivity contribution is 0.222. The molecule has 0 aliphatic carbocycles. The third-order valence-corrected chi connectivity index (χ3v) is 5.86. The zero-order valence-electron chi connectivity index (χ0n) is 15.7. The third kappa shape index (κ3) is 2.93. The number of fused-ring (bicyclic) bond motifs is 3. The summed E-state index contributed by atoms with van der Waals surface area (Å²) in [5, 5.41) is 11.9. The molecule has 28 heavy (non-hydrogen) atoms. The molecule has 3 N–H and O–H groups in total. The van der Waals surface area contributed by atoms with Crippen LogP contribution in [0.25, 0.3) is 16.6 Å². The number of hydrogen-bond acceptors (Lipinski definition) is 4. The van der Waals surface area contributed by atoms with E-state index in [-0.39, 0.29) is 11.6 Å². The average Bonchev–Trinajstić information content (AvgIpc) is 3.36. The lowest BCUT2D eigenvalue weighted by Crippen LogP contribution is -2.32. The molecule has 0 saturated carbocycles. The van der Waals surface area contributed by atoms with Crippen LogP contribution in [0.1, 0.15) is 37.3 Å². The number of H-pyrrole nitrogens is 1. The first-order chi connectivity index (χ1) is 13.7. The van der Waals surface area contributed by atoms with Crippen LogP contribution in [0.5, 0.6) is 0 Å². The summed E-state index contributed by atoms with van der Waals surface area (Å²) >= 11 is 0. The number of hydrogen-bond donors (Lipinski definition) is 3. The Labute approximate surface area is 161 Å². The van der Waals surface area contributed by atoms with Crippen LogP contribution in [0.3, 0.4) is 0 Å². The number of carbonyl (C=O) groups excluding carboxylic acids is 1. The molecular weight excluding hydrogens is 356 g/mol. The largest absolute Gasteiger partial charge is 0.325 e. The number of nitrogens with zero attached hydrogens (tertiary/aromatic N) is 3. The number of carbonyl (C=O) groups is 1. The van der Waals surface area contributed by atoms with Crippen molar-refractivity contribution >= 4 is 28.3 Å². The molecule has 8 nitrogen and oxygen atoms in total. The van der Waals surface area contributed by atoms with Gasteiger partial charge in [-0.05, 0) is 50.9 Å². The molecule has 0 atom stereocenters. The van der Waals surface area contributed by atoms with Crippen molar-refractivity contribution in [2.24, 2.45) is 0 Å². The van der Waals surface area contributed by atoms with Gasteiger partial charge in [0, 0.05) is 25.1 Å². The minimum absolute atomic E-state index is 0.0961. The quantitative estimate of drug-likeness (QED) is 0.636. The van der Waals surface area contributed by atoms with Crippen molar-refractivity contribution in [2.75, 3.05) is 31.5 Å². The van der Waals surface area contributed by atoms with Crippen molar-refractivity contribution in [1.82, 2.24) is 24.8 Å². The van der Waals surface area contributed by atoms with Gasteiger partial charge in [0.25, 0.3) is 5.56 Å². The van der Waals surface area contributed by atoms with Gasteiger partial charge in [0.1, 0.15) is 5.65 Å². The number of urea groups is 1. The average molecular weight is 380 g/mol. The van der Waals surface area contributed by atoms with Crippen LogP contribution < -0.4 is 16.2 Å². The van der Waals surface area contributed by atoms with E-state index in [1.165, 1.54) is 0 Å². The van der Waals surface area contributed by atoms with E-state index in [4.69, 9.17) is 5.10 Å². The lowest BCUT2D eigenvalue weighted by atomic mass is 9.94. The number of anilines is 1. The van der Waals surface area contributed by atoms with Crippen molar-refractivity contribution in [3.63, 3.8) is 0 Å². The molecule has 0 spiro atoms. The highest BCUT2D eigenvalue weighted by atomic mass is 16.2. The van der Waals surface area contributed by atoms with Gasteiger partial charge in [-0.3, -0.25) is 4.79 Å². The highest BCUT2D eigenvalue weighted by Gasteiger charge is 2.23. The molecule has 8 heteroatoms. The molecule has 2 saturated heterocycles. The Morgan fingerprint density at radius 2 is 1.96 bits per heavy atom. The molecule has 2 aliphatic rings. The minimum Gasteiger partial charge on any atom is -0.325 e. The highest BCUT2D eigenvalue weighted by Crippen LogP contribution is 2.30. The van der Waals surface area contributed by atoms with Crippen molar-refractivity contribution in [1.29, 1.82) is 0 Å². The zero-order valence-corrected chi connectivity index (χ0v) is 15.7. The maximum atomic E-state index is 12.6. The van der Waals surface area contributed by atoms with Crippen LogP contribution in [0.2, 0.25) is 0 Å². The van der Waals surface area contributed by atoms with Crippen molar-refractivity contribution in [3.05, 3.63) is 40.3 Å². The minimum atomic E-state index is -0.136. The molecule has 0 radical (unpaired) electrons. The van der Waals surface area contributed by atoms with Gasteiger partial charge in [0.2, 0.25) is 0 Å². The molecule has 0 bridgehead atoms. The zero-order chi connectivity index (χ0) is 19.1. The van der Waals surface area contributed by atoms with Gasteiger partial charge in [-0.25, -0.2) is 9.31 Å². The smallest absolute Gasteiger partial charge is 0.321 e. The Hall–Kier alpha value is -2.87. The number of benzene rings is 1. The summed E-state index contributed by atoms with van der Waals surface area (Å²) in [7, 11) is 0. The van der Waals surface area contributed by atoms with Gasteiger partial charge in [0.15, 0.2) is 0 Å². The van der Waals surface area contributed by atoms with E-state index in [1.807, 2.05) is 27.6 Å². The van der Waals surface area contributed by atoms with Crippen LogP contribution >= 0.6 is 0 Å². The molecular formula is C20H24N6O2. The summed E-state index contributed by atoms with van der Waals surface area (Å²) in [6.45, 7) is 3.45. The van der Waals surface area contributed by atoms with Crippen LogP contribution in [0.15, 0.2) is 29.1 Å². The maximum absolute atomic E-state index is 12.6. The molecule has 5 rings (SSSR count). The molecule has 2 aromatic heterocycles. The van der Waals surface area contributed by atoms with E-state index in [9.17, 15) is 9.59 Å². The van der Waals surface area contributed by atoms with Crippen LogP contribution in [-0.2, 0) is 0 Å². The fraction of sp³-hybridized carbons (Fsp3) is 0.450. The Kier molecular flexibility index (Phi) is 4.27. The molecule has 3 aromatic rings. The molecule has 146 valence electrons. The van der Waals surface area contributed by atoms with Gasteiger partial charge in [-0.2, -0.15) is 5.10 Å². The molecule has 2 amide bonds. The predicted molar refractivity (Wildman–Crippen MR) is 108 cm³/mol. The maximum Gasteiger partial charge on any atom is 0.321 e. The fourth-order valence-electron chi connectivity index (χ4n) is 4.41. The van der Waals surface area contributed by atoms with Gasteiger partial charge in [-0.1, -0.05) is 6.07 Å². The first kappa shape index (κ1) is 17.2. The van der Waals surface area contributed by atoms with Gasteiger partial charge in [-0.15, -0.1) is 0 Å². The standard InChI is InChI=1S/C20H24N6O2/c27-17-12-16(13-6-8-21-9-7-13)26-19(23-17)18-14(4-3-5-15(18)24-26)22-20(28)25-10-1-2-11-25/h3-5,12-13,21H,1-2,6-11H2,(H,22,28)(H,23,27). The summed E-state index contributed by atoms with van der Waals surface area (Å²) in [6.07, 6.45) is 4.04. The topological polar surface area (TPSA) is 94.5 Å². The summed E-state index contributed by atoms with van der Waals surface area (Å²) in [4.78, 5) is 29.8. The number of aromatic amines is 1. The van der Waals surface area contributed by atoms with E-state index in [0.717, 1.165) is 68.5 Å². The van der Waals surface area contributed by atoms with E-state index < -0.39 is 0 Å². The summed E-state index contributed by atoms with van der Waals surface area (Å²) in [5.41, 5.74) is 2.89. The monoisotopic (exact) mass is 380 g/mol. The number of piperidine rings is 1. The molecule has 4 heterocycles. The second kappa shape index (κ2) is 6.94. The van der Waals surface area contributed by atoms with E-state index in [2.05, 4.69) is 15.6 Å². The Morgan fingerprint density at radius 3 is 2.75 bits per heavy atom. The normalized spacial score (nSPS) is 18.2. The first-order valence-corrected chi connectivity index (χ1v) is 10.0. The predicted octanol–water partition coefficient (Wildman–Crippen LogP) is 2.27. The molecule has 2 aliphatic heterocycles. The summed E-state index contributed by atoms with van der Waals surface area (Å²) in [6, 6.07) is 7.24. The number of rotatable bonds is 2. The van der Waals surface area contributed by atoms with Crippen molar-refractivity contribution in [2.45, 2.75) is 31.6 Å². The number of amides is 2. The fourth-order valence-corrected chi connectivity index (χ4v) is 4.41. The lowest BCUT2D eigenvalue weighted by Gasteiger charge is -2.23. The van der Waals surface area contributed by atoms with E-state index in [0.29, 0.717) is 17.3 Å². The van der Waals surface area contributed by atoms with Gasteiger partial charge < -0.3 is 20.5 Å². The SMILES string of the molecule is O=C(Nc1cccc2nn3c(C4CCNCC4)cc(=O)[nH]c3c12)N1CCCC1. The molecule has 2 fully saturated rings. The third-order valence-electron chi connectivity index (χ3n) is 5.86. The number of likely N-dealkylation sites (tertiary alicyclic amines) is 1. The molecule has 0 unspecified atom stereocenters. The van der Waals surface area contributed by atoms with Crippen LogP contribution in [0, 0.1) is 0 Å². The van der Waals surface area contributed by atoms with E-state index in [1.54, 1.807) is 6.07 Å². The highest BCUT2D eigenvalue weighted by molar-refractivity contribution is 6.07. The second-order valence-electron chi connectivity index (χ2n) is 7.67. The Balaban J connectivity index is 1.62. The van der Waals surface area contributed by atoms with Crippen LogP contribution in [-0.4, -0.2) is 51.7 Å². The Bertz CT molecular complexity index is 1090. The number of aromatic nitrogens is 3. The first-order valence-electron chi connectivity index (χ1n) is 10.0. The van der Waals surface area contributed by atoms with Gasteiger partial charge in [0.05, 0.1) is 22.3 Å². The second-order valence-corrected chi connectivity index (χ2v) is 7.67. The van der Waals surface area contributed by atoms with Gasteiger partial charge >= 0.3 is 6.03 Å². The molecule has 1 aromatic carbocycles. The Morgan fingerprint density at radius 1 is 1.18 bits per heavy atom. The van der Waals surface area contributed by atoms with E-state index >= 15 is 0 Å². The van der Waals surface area contributed by atoms with Crippen molar-refractivity contribution < 1.29 is 4.79 Å². The summed E-state index contributed by atoms with van der Waals surface area (Å²) < 4.78 is 1.85. The van der Waals surface area contributed by atoms with Crippen molar-refractivity contribution in [3.8, 4) is 0 Å². The van der Waals surface area contributed by atoms with Crippen LogP contribution in [0.4, 0.5) is 10.5 Å².